The second-order valence-electron chi connectivity index (χ2n) is 5.97. The molecular weight excluding hydrogens is 320 g/mol. The van der Waals surface area contributed by atoms with Crippen LogP contribution in [0.1, 0.15) is 5.69 Å². The normalized spacial score (nSPS) is 11.1. The number of rotatable bonds is 4. The van der Waals surface area contributed by atoms with Gasteiger partial charge >= 0.3 is 0 Å². The van der Waals surface area contributed by atoms with Crippen LogP contribution in [0, 0.1) is 0 Å². The lowest BCUT2D eigenvalue weighted by molar-refractivity contribution is 0.940. The smallest absolute Gasteiger partial charge is 0.131 e. The average molecular weight is 338 g/mol. The van der Waals surface area contributed by atoms with E-state index in [0.29, 0.717) is 0 Å². The maximum atomic E-state index is 4.23. The van der Waals surface area contributed by atoms with Crippen LogP contribution in [0.25, 0.3) is 33.5 Å². The number of H-pyrrole nitrogens is 1. The molecule has 0 amide bonds. The van der Waals surface area contributed by atoms with Gasteiger partial charge in [-0.25, -0.2) is 0 Å². The summed E-state index contributed by atoms with van der Waals surface area (Å²) in [7, 11) is 1.72. The van der Waals surface area contributed by atoms with E-state index < -0.39 is 0 Å². The Morgan fingerprint density at radius 2 is 1.15 bits per heavy atom. The molecule has 1 N–H and O–H groups in total. The summed E-state index contributed by atoms with van der Waals surface area (Å²) in [5.74, 6) is 0. The molecule has 0 atom stereocenters. The first-order valence-electron chi connectivity index (χ1n) is 8.44. The predicted molar refractivity (Wildman–Crippen MR) is 106 cm³/mol. The van der Waals surface area contributed by atoms with E-state index in [9.17, 15) is 0 Å². The van der Waals surface area contributed by atoms with E-state index in [1.165, 1.54) is 22.3 Å². The molecule has 4 rings (SSSR count). The van der Waals surface area contributed by atoms with E-state index in [1.807, 2.05) is 6.07 Å². The molecule has 0 aliphatic carbocycles. The van der Waals surface area contributed by atoms with Crippen molar-refractivity contribution in [3.8, 4) is 33.5 Å². The van der Waals surface area contributed by atoms with Crippen LogP contribution in [-0.2, 0) is 0 Å². The van der Waals surface area contributed by atoms with Gasteiger partial charge in [0, 0.05) is 12.6 Å². The summed E-state index contributed by atoms with van der Waals surface area (Å²) < 4.78 is 0. The van der Waals surface area contributed by atoms with Gasteiger partial charge < -0.3 is 0 Å². The van der Waals surface area contributed by atoms with Gasteiger partial charge in [-0.1, -0.05) is 78.9 Å². The van der Waals surface area contributed by atoms with Crippen LogP contribution in [0.5, 0.6) is 0 Å². The first kappa shape index (κ1) is 16.0. The molecular formula is C22H18N4. The highest BCUT2D eigenvalue weighted by atomic mass is 15.3. The predicted octanol–water partition coefficient (Wildman–Crippen LogP) is 4.85. The van der Waals surface area contributed by atoms with Gasteiger partial charge in [-0.15, -0.1) is 0 Å². The highest BCUT2D eigenvalue weighted by Gasteiger charge is 2.08. The van der Waals surface area contributed by atoms with Crippen molar-refractivity contribution in [2.45, 2.75) is 0 Å². The Morgan fingerprint density at radius 3 is 1.69 bits per heavy atom. The van der Waals surface area contributed by atoms with Crippen molar-refractivity contribution < 1.29 is 0 Å². The Labute approximate surface area is 152 Å². The monoisotopic (exact) mass is 338 g/mol. The summed E-state index contributed by atoms with van der Waals surface area (Å²) in [6.07, 6.45) is 1.70. The van der Waals surface area contributed by atoms with Crippen LogP contribution in [0.15, 0.2) is 83.9 Å². The standard InChI is InChI=1S/C22H18N4/c1-23-15-21-22(25-26-24-21)20-13-11-19(12-14-20)18-9-7-17(8-10-18)16-5-3-2-4-6-16/h2-15H,1H3,(H,24,25,26). The lowest BCUT2D eigenvalue weighted by Gasteiger charge is -2.06. The fourth-order valence-corrected chi connectivity index (χ4v) is 2.97. The third kappa shape index (κ3) is 3.17. The van der Waals surface area contributed by atoms with E-state index in [2.05, 4.69) is 93.2 Å². The van der Waals surface area contributed by atoms with Crippen LogP contribution >= 0.6 is 0 Å². The molecule has 1 aromatic heterocycles. The molecule has 26 heavy (non-hydrogen) atoms. The van der Waals surface area contributed by atoms with E-state index in [0.717, 1.165) is 17.0 Å². The second kappa shape index (κ2) is 7.15. The summed E-state index contributed by atoms with van der Waals surface area (Å²) in [6, 6.07) is 27.4. The number of benzene rings is 3. The molecule has 0 aliphatic heterocycles. The van der Waals surface area contributed by atoms with Gasteiger partial charge in [0.25, 0.3) is 0 Å². The van der Waals surface area contributed by atoms with Gasteiger partial charge in [-0.05, 0) is 22.3 Å². The highest BCUT2D eigenvalue weighted by Crippen LogP contribution is 2.27. The molecule has 4 heteroatoms. The lowest BCUT2D eigenvalue weighted by atomic mass is 9.99. The molecule has 0 bridgehead atoms. The highest BCUT2D eigenvalue weighted by molar-refractivity contribution is 5.86. The number of hydrogen-bond acceptors (Lipinski definition) is 3. The molecule has 0 radical (unpaired) electrons. The molecule has 0 unspecified atom stereocenters. The van der Waals surface area contributed by atoms with Gasteiger partial charge in [0.1, 0.15) is 11.4 Å². The van der Waals surface area contributed by atoms with Crippen molar-refractivity contribution in [2.75, 3.05) is 7.05 Å². The summed E-state index contributed by atoms with van der Waals surface area (Å²) in [4.78, 5) is 4.02. The van der Waals surface area contributed by atoms with Crippen LogP contribution in [-0.4, -0.2) is 28.7 Å². The quantitative estimate of drug-likeness (QED) is 0.541. The third-order valence-electron chi connectivity index (χ3n) is 4.31. The van der Waals surface area contributed by atoms with Crippen LogP contribution < -0.4 is 0 Å². The molecule has 1 heterocycles. The summed E-state index contributed by atoms with van der Waals surface area (Å²) in [5, 5.41) is 11.0. The fourth-order valence-electron chi connectivity index (χ4n) is 2.97. The van der Waals surface area contributed by atoms with Gasteiger partial charge in [-0.2, -0.15) is 15.4 Å². The molecule has 4 aromatic rings. The van der Waals surface area contributed by atoms with Crippen molar-refractivity contribution in [1.29, 1.82) is 0 Å². The summed E-state index contributed by atoms with van der Waals surface area (Å²) in [6.45, 7) is 0. The third-order valence-corrected chi connectivity index (χ3v) is 4.31. The number of hydrogen-bond donors (Lipinski definition) is 1. The zero-order chi connectivity index (χ0) is 17.8. The van der Waals surface area contributed by atoms with Crippen molar-refractivity contribution in [1.82, 2.24) is 15.4 Å². The molecule has 0 fully saturated rings. The maximum absolute atomic E-state index is 4.23. The summed E-state index contributed by atoms with van der Waals surface area (Å²) >= 11 is 0. The minimum atomic E-state index is 0.743. The van der Waals surface area contributed by atoms with Crippen molar-refractivity contribution in [3.05, 3.63) is 84.6 Å². The van der Waals surface area contributed by atoms with Crippen LogP contribution in [0.2, 0.25) is 0 Å². The molecule has 4 nitrogen and oxygen atoms in total. The van der Waals surface area contributed by atoms with Crippen molar-refractivity contribution in [2.24, 2.45) is 4.99 Å². The number of aromatic nitrogens is 3. The minimum absolute atomic E-state index is 0.743. The molecule has 0 aliphatic rings. The fraction of sp³-hybridized carbons (Fsp3) is 0.0455. The maximum Gasteiger partial charge on any atom is 0.131 e. The molecule has 0 saturated carbocycles. The first-order chi connectivity index (χ1) is 12.8. The second-order valence-corrected chi connectivity index (χ2v) is 5.97. The number of aromatic amines is 1. The van der Waals surface area contributed by atoms with Crippen molar-refractivity contribution in [3.63, 3.8) is 0 Å². The SMILES string of the molecule is CN=Cc1n[nH]nc1-c1ccc(-c2ccc(-c3ccccc3)cc2)cc1. The Hall–Kier alpha value is -3.53. The zero-order valence-electron chi connectivity index (χ0n) is 14.4. The number of aliphatic imine (C=N–C) groups is 1. The van der Waals surface area contributed by atoms with Gasteiger partial charge in [0.15, 0.2) is 0 Å². The van der Waals surface area contributed by atoms with Crippen LogP contribution in [0.3, 0.4) is 0 Å². The van der Waals surface area contributed by atoms with E-state index >= 15 is 0 Å². The number of nitrogens with one attached hydrogen (secondary N) is 1. The van der Waals surface area contributed by atoms with Crippen molar-refractivity contribution >= 4 is 6.21 Å². The largest absolute Gasteiger partial charge is 0.294 e. The Bertz CT molecular complexity index is 1010. The molecule has 126 valence electrons. The molecule has 3 aromatic carbocycles. The van der Waals surface area contributed by atoms with E-state index in [1.54, 1.807) is 13.3 Å². The molecule has 0 saturated heterocycles. The Balaban J connectivity index is 1.60. The topological polar surface area (TPSA) is 53.9 Å². The molecule has 0 spiro atoms. The van der Waals surface area contributed by atoms with E-state index in [4.69, 9.17) is 0 Å². The van der Waals surface area contributed by atoms with Gasteiger partial charge in [0.05, 0.1) is 6.21 Å². The first-order valence-corrected chi connectivity index (χ1v) is 8.44. The van der Waals surface area contributed by atoms with E-state index in [-0.39, 0.29) is 0 Å². The van der Waals surface area contributed by atoms with Gasteiger partial charge in [0.2, 0.25) is 0 Å². The minimum Gasteiger partial charge on any atom is -0.294 e. The Kier molecular flexibility index (Phi) is 4.39. The van der Waals surface area contributed by atoms with Gasteiger partial charge in [-0.3, -0.25) is 4.99 Å². The van der Waals surface area contributed by atoms with Crippen LogP contribution in [0.4, 0.5) is 0 Å². The lowest BCUT2D eigenvalue weighted by Crippen LogP contribution is -1.87. The summed E-state index contributed by atoms with van der Waals surface area (Å²) in [5.41, 5.74) is 7.37. The zero-order valence-corrected chi connectivity index (χ0v) is 14.4. The Morgan fingerprint density at radius 1 is 0.654 bits per heavy atom. The number of nitrogens with zero attached hydrogens (tertiary/aromatic N) is 3. The average Bonchev–Trinajstić information content (AvgIpc) is 3.18.